The minimum absolute atomic E-state index is 0.750. The Kier molecular flexibility index (Phi) is 2.90. The summed E-state index contributed by atoms with van der Waals surface area (Å²) in [7, 11) is -7.86. The van der Waals surface area contributed by atoms with E-state index in [2.05, 4.69) is 4.18 Å². The molecule has 0 amide bonds. The topological polar surface area (TPSA) is 104 Å². The molecule has 0 spiro atoms. The Balaban J connectivity index is 4.94. The third-order valence-corrected chi connectivity index (χ3v) is 3.32. The molecule has 0 fully saturated rings. The van der Waals surface area contributed by atoms with E-state index in [9.17, 15) is 16.8 Å². The predicted octanol–water partition coefficient (Wildman–Crippen LogP) is -1.01. The average Bonchev–Trinajstić information content (AvgIpc) is 1.52. The second-order valence-corrected chi connectivity index (χ2v) is 6.38. The summed E-state index contributed by atoms with van der Waals surface area (Å²) in [5.74, 6) is 0. The zero-order valence-corrected chi connectivity index (χ0v) is 8.57. The van der Waals surface area contributed by atoms with E-state index in [-0.39, 0.29) is 0 Å². The molecule has 8 heteroatoms. The Morgan fingerprint density at radius 3 is 1.58 bits per heavy atom. The van der Waals surface area contributed by atoms with Gasteiger partial charge in [0.2, 0.25) is 10.0 Å². The fourth-order valence-electron chi connectivity index (χ4n) is 0.412. The van der Waals surface area contributed by atoms with Crippen LogP contribution in [-0.4, -0.2) is 28.0 Å². The molecule has 12 heavy (non-hydrogen) atoms. The van der Waals surface area contributed by atoms with Crippen LogP contribution in [0.1, 0.15) is 13.8 Å². The smallest absolute Gasteiger partial charge is 0.246 e. The molecule has 0 saturated carbocycles. The molecule has 0 radical (unpaired) electrons. The molecule has 0 heterocycles. The molecule has 2 N–H and O–H groups in total. The predicted molar refractivity (Wildman–Crippen MR) is 43.1 cm³/mol. The molecule has 0 atom stereocenters. The van der Waals surface area contributed by atoms with Gasteiger partial charge in [0.05, 0.1) is 6.26 Å². The molecular formula is C4H11NO5S2. The maximum absolute atomic E-state index is 10.7. The van der Waals surface area contributed by atoms with E-state index in [4.69, 9.17) is 5.14 Å². The molecule has 0 saturated heterocycles. The van der Waals surface area contributed by atoms with E-state index in [1.807, 2.05) is 0 Å². The summed E-state index contributed by atoms with van der Waals surface area (Å²) in [4.78, 5) is -1.92. The van der Waals surface area contributed by atoms with Crippen LogP contribution >= 0.6 is 0 Å². The van der Waals surface area contributed by atoms with Gasteiger partial charge in [-0.1, -0.05) is 0 Å². The van der Waals surface area contributed by atoms with Crippen LogP contribution in [0.25, 0.3) is 0 Å². The van der Waals surface area contributed by atoms with Gasteiger partial charge in [0.15, 0.2) is 4.93 Å². The lowest BCUT2D eigenvalue weighted by Gasteiger charge is -2.20. The maximum Gasteiger partial charge on any atom is 0.265 e. The molecule has 0 aliphatic rings. The molecule has 0 rings (SSSR count). The van der Waals surface area contributed by atoms with Gasteiger partial charge in [0.25, 0.3) is 10.1 Å². The van der Waals surface area contributed by atoms with Gasteiger partial charge < -0.3 is 0 Å². The van der Waals surface area contributed by atoms with Crippen LogP contribution in [0.2, 0.25) is 0 Å². The highest BCUT2D eigenvalue weighted by Crippen LogP contribution is 2.16. The first-order valence-electron chi connectivity index (χ1n) is 2.89. The van der Waals surface area contributed by atoms with Gasteiger partial charge in [-0.05, 0) is 13.8 Å². The summed E-state index contributed by atoms with van der Waals surface area (Å²) in [6, 6.07) is 0. The van der Waals surface area contributed by atoms with Crippen LogP contribution in [0.15, 0.2) is 0 Å². The second kappa shape index (κ2) is 2.95. The lowest BCUT2D eigenvalue weighted by Crippen LogP contribution is -2.41. The number of hydrogen-bond acceptors (Lipinski definition) is 5. The van der Waals surface area contributed by atoms with E-state index in [0.29, 0.717) is 0 Å². The molecule has 0 unspecified atom stereocenters. The Bertz CT molecular complexity index is 351. The standard InChI is InChI=1S/C4H11NO5S2/c1-4(2,12(5,8)9)10-11(3,6)7/h1-3H3,(H2,5,8,9). The van der Waals surface area contributed by atoms with Crippen molar-refractivity contribution in [3.8, 4) is 0 Å². The van der Waals surface area contributed by atoms with Crippen molar-refractivity contribution in [1.82, 2.24) is 0 Å². The minimum Gasteiger partial charge on any atom is -0.246 e. The first-order chi connectivity index (χ1) is 4.96. The van der Waals surface area contributed by atoms with E-state index in [1.165, 1.54) is 0 Å². The Morgan fingerprint density at radius 2 is 1.50 bits per heavy atom. The van der Waals surface area contributed by atoms with Gasteiger partial charge in [-0.15, -0.1) is 0 Å². The number of sulfonamides is 1. The molecule has 74 valence electrons. The van der Waals surface area contributed by atoms with Crippen molar-refractivity contribution >= 4 is 20.1 Å². The van der Waals surface area contributed by atoms with Crippen molar-refractivity contribution < 1.29 is 21.0 Å². The zero-order chi connectivity index (χ0) is 10.2. The van der Waals surface area contributed by atoms with Gasteiger partial charge in [-0.2, -0.15) is 8.42 Å². The monoisotopic (exact) mass is 217 g/mol. The SMILES string of the molecule is CC(C)(OS(C)(=O)=O)S(N)(=O)=O. The van der Waals surface area contributed by atoms with Crippen LogP contribution < -0.4 is 5.14 Å². The van der Waals surface area contributed by atoms with Crippen LogP contribution in [-0.2, 0) is 24.3 Å². The molecule has 0 aliphatic carbocycles. The quantitative estimate of drug-likeness (QED) is 0.610. The molecule has 0 aromatic rings. The minimum atomic E-state index is -4.04. The Hall–Kier alpha value is -0.180. The average molecular weight is 217 g/mol. The normalized spacial score (nSPS) is 14.7. The van der Waals surface area contributed by atoms with Crippen molar-refractivity contribution in [2.45, 2.75) is 18.8 Å². The van der Waals surface area contributed by atoms with E-state index in [0.717, 1.165) is 20.1 Å². The van der Waals surface area contributed by atoms with Crippen molar-refractivity contribution in [2.75, 3.05) is 6.26 Å². The van der Waals surface area contributed by atoms with Crippen molar-refractivity contribution in [2.24, 2.45) is 5.14 Å². The molecule has 0 aliphatic heterocycles. The van der Waals surface area contributed by atoms with Gasteiger partial charge in [-0.3, -0.25) is 0 Å². The van der Waals surface area contributed by atoms with Crippen LogP contribution in [0, 0.1) is 0 Å². The first kappa shape index (κ1) is 11.8. The number of rotatable bonds is 3. The van der Waals surface area contributed by atoms with Crippen molar-refractivity contribution in [1.29, 1.82) is 0 Å². The molecule has 0 aromatic heterocycles. The summed E-state index contributed by atoms with van der Waals surface area (Å²) in [6.45, 7) is 2.12. The third kappa shape index (κ3) is 3.48. The maximum atomic E-state index is 10.7. The third-order valence-electron chi connectivity index (χ3n) is 1.04. The molecule has 6 nitrogen and oxygen atoms in total. The number of primary sulfonamides is 1. The summed E-state index contributed by atoms with van der Waals surface area (Å²) < 4.78 is 46.8. The lowest BCUT2D eigenvalue weighted by molar-refractivity contribution is 0.202. The van der Waals surface area contributed by atoms with Crippen LogP contribution in [0.3, 0.4) is 0 Å². The highest BCUT2D eigenvalue weighted by atomic mass is 32.2. The van der Waals surface area contributed by atoms with Crippen molar-refractivity contribution in [3.63, 3.8) is 0 Å². The lowest BCUT2D eigenvalue weighted by atomic mass is 10.5. The zero-order valence-electron chi connectivity index (χ0n) is 6.94. The molecular weight excluding hydrogens is 206 g/mol. The second-order valence-electron chi connectivity index (χ2n) is 2.73. The van der Waals surface area contributed by atoms with E-state index in [1.54, 1.807) is 0 Å². The van der Waals surface area contributed by atoms with Gasteiger partial charge >= 0.3 is 0 Å². The van der Waals surface area contributed by atoms with Crippen molar-refractivity contribution in [3.05, 3.63) is 0 Å². The first-order valence-corrected chi connectivity index (χ1v) is 6.25. The van der Waals surface area contributed by atoms with E-state index >= 15 is 0 Å². The summed E-state index contributed by atoms with van der Waals surface area (Å²) in [5, 5.41) is 4.70. The van der Waals surface area contributed by atoms with Gasteiger partial charge in [0, 0.05) is 0 Å². The highest BCUT2D eigenvalue weighted by molar-refractivity contribution is 7.91. The molecule has 0 aromatic carbocycles. The van der Waals surface area contributed by atoms with Gasteiger partial charge in [-0.25, -0.2) is 17.7 Å². The fourth-order valence-corrected chi connectivity index (χ4v) is 1.89. The Labute approximate surface area is 71.9 Å². The largest absolute Gasteiger partial charge is 0.265 e. The summed E-state index contributed by atoms with van der Waals surface area (Å²) in [6.07, 6.45) is 0.750. The number of nitrogens with two attached hydrogens (primary N) is 1. The fraction of sp³-hybridized carbons (Fsp3) is 1.00. The summed E-state index contributed by atoms with van der Waals surface area (Å²) >= 11 is 0. The molecule has 0 bridgehead atoms. The summed E-state index contributed by atoms with van der Waals surface area (Å²) in [5.41, 5.74) is 0. The highest BCUT2D eigenvalue weighted by Gasteiger charge is 2.35. The Morgan fingerprint density at radius 1 is 1.17 bits per heavy atom. The number of hydrogen-bond donors (Lipinski definition) is 1. The van der Waals surface area contributed by atoms with E-state index < -0.39 is 25.1 Å². The van der Waals surface area contributed by atoms with Gasteiger partial charge in [0.1, 0.15) is 0 Å². The van der Waals surface area contributed by atoms with Crippen LogP contribution in [0.4, 0.5) is 0 Å². The van der Waals surface area contributed by atoms with Crippen LogP contribution in [0.5, 0.6) is 0 Å².